The van der Waals surface area contributed by atoms with Crippen LogP contribution in [0.2, 0.25) is 0 Å². The molecule has 2 amide bonds. The van der Waals surface area contributed by atoms with Gasteiger partial charge in [-0.05, 0) is 26.9 Å². The molecule has 0 aromatic carbocycles. The number of carbonyl (C=O) groups excluding carboxylic acids is 2. The van der Waals surface area contributed by atoms with Crippen molar-refractivity contribution in [3.8, 4) is 0 Å². The SMILES string of the molecule is CN(C)CCN(C(=O)CNC(=O)CN)C1CCCC1. The van der Waals surface area contributed by atoms with Crippen LogP contribution >= 0.6 is 0 Å². The zero-order chi connectivity index (χ0) is 14.3. The number of hydrogen-bond acceptors (Lipinski definition) is 4. The highest BCUT2D eigenvalue weighted by Crippen LogP contribution is 2.23. The van der Waals surface area contributed by atoms with Crippen molar-refractivity contribution >= 4 is 11.8 Å². The lowest BCUT2D eigenvalue weighted by Gasteiger charge is -2.30. The number of nitrogens with two attached hydrogens (primary N) is 1. The van der Waals surface area contributed by atoms with Gasteiger partial charge in [0.05, 0.1) is 13.1 Å². The summed E-state index contributed by atoms with van der Waals surface area (Å²) in [6, 6.07) is 0.335. The summed E-state index contributed by atoms with van der Waals surface area (Å²) >= 11 is 0. The summed E-state index contributed by atoms with van der Waals surface area (Å²) in [7, 11) is 3.99. The first-order valence-electron chi connectivity index (χ1n) is 6.95. The van der Waals surface area contributed by atoms with Gasteiger partial charge in [0, 0.05) is 19.1 Å². The van der Waals surface area contributed by atoms with Crippen molar-refractivity contribution < 1.29 is 9.59 Å². The zero-order valence-electron chi connectivity index (χ0n) is 12.0. The first kappa shape index (κ1) is 15.9. The molecule has 0 aromatic heterocycles. The Kier molecular flexibility index (Phi) is 6.80. The van der Waals surface area contributed by atoms with Gasteiger partial charge in [-0.1, -0.05) is 12.8 Å². The normalized spacial score (nSPS) is 15.8. The second-order valence-electron chi connectivity index (χ2n) is 5.31. The molecule has 0 radical (unpaired) electrons. The van der Waals surface area contributed by atoms with Gasteiger partial charge >= 0.3 is 0 Å². The molecule has 0 atom stereocenters. The molecule has 1 fully saturated rings. The van der Waals surface area contributed by atoms with E-state index in [1.165, 1.54) is 12.8 Å². The lowest BCUT2D eigenvalue weighted by atomic mass is 10.2. The fourth-order valence-electron chi connectivity index (χ4n) is 2.38. The zero-order valence-corrected chi connectivity index (χ0v) is 12.0. The molecule has 110 valence electrons. The average molecular weight is 270 g/mol. The lowest BCUT2D eigenvalue weighted by Crippen LogP contribution is -2.47. The van der Waals surface area contributed by atoms with Crippen LogP contribution in [0.25, 0.3) is 0 Å². The third-order valence-electron chi connectivity index (χ3n) is 3.50. The van der Waals surface area contributed by atoms with Crippen LogP contribution in [-0.2, 0) is 9.59 Å². The Hall–Kier alpha value is -1.14. The Morgan fingerprint density at radius 3 is 2.37 bits per heavy atom. The number of nitrogens with zero attached hydrogens (tertiary/aromatic N) is 2. The molecule has 0 aromatic rings. The average Bonchev–Trinajstić information content (AvgIpc) is 2.89. The second-order valence-corrected chi connectivity index (χ2v) is 5.31. The predicted octanol–water partition coefficient (Wildman–Crippen LogP) is -0.606. The number of likely N-dealkylation sites (N-methyl/N-ethyl adjacent to an activating group) is 1. The minimum Gasteiger partial charge on any atom is -0.346 e. The summed E-state index contributed by atoms with van der Waals surface area (Å²) in [6.07, 6.45) is 4.52. The molecule has 0 saturated heterocycles. The third-order valence-corrected chi connectivity index (χ3v) is 3.50. The van der Waals surface area contributed by atoms with Crippen LogP contribution in [0.1, 0.15) is 25.7 Å². The summed E-state index contributed by atoms with van der Waals surface area (Å²) in [5, 5.41) is 2.55. The quantitative estimate of drug-likeness (QED) is 0.647. The van der Waals surface area contributed by atoms with Crippen LogP contribution in [0.3, 0.4) is 0 Å². The van der Waals surface area contributed by atoms with Crippen LogP contribution in [0.4, 0.5) is 0 Å². The highest BCUT2D eigenvalue weighted by molar-refractivity contribution is 5.85. The molecular weight excluding hydrogens is 244 g/mol. The van der Waals surface area contributed by atoms with Gasteiger partial charge in [-0.15, -0.1) is 0 Å². The highest BCUT2D eigenvalue weighted by atomic mass is 16.2. The molecule has 3 N–H and O–H groups in total. The van der Waals surface area contributed by atoms with Crippen LogP contribution < -0.4 is 11.1 Å². The Bertz CT molecular complexity index is 301. The van der Waals surface area contributed by atoms with Gasteiger partial charge in [-0.2, -0.15) is 0 Å². The van der Waals surface area contributed by atoms with Crippen molar-refractivity contribution in [3.63, 3.8) is 0 Å². The molecule has 0 heterocycles. The Balaban J connectivity index is 2.50. The smallest absolute Gasteiger partial charge is 0.242 e. The molecule has 19 heavy (non-hydrogen) atoms. The van der Waals surface area contributed by atoms with Gasteiger partial charge in [-0.3, -0.25) is 9.59 Å². The number of carbonyl (C=O) groups is 2. The highest BCUT2D eigenvalue weighted by Gasteiger charge is 2.26. The van der Waals surface area contributed by atoms with Crippen LogP contribution in [0.15, 0.2) is 0 Å². The fourth-order valence-corrected chi connectivity index (χ4v) is 2.38. The van der Waals surface area contributed by atoms with E-state index in [-0.39, 0.29) is 24.9 Å². The van der Waals surface area contributed by atoms with Crippen molar-refractivity contribution in [3.05, 3.63) is 0 Å². The molecule has 1 aliphatic rings. The van der Waals surface area contributed by atoms with Gasteiger partial charge in [0.2, 0.25) is 11.8 Å². The van der Waals surface area contributed by atoms with Gasteiger partial charge < -0.3 is 20.9 Å². The van der Waals surface area contributed by atoms with Gasteiger partial charge in [0.1, 0.15) is 0 Å². The molecular formula is C13H26N4O2. The van der Waals surface area contributed by atoms with Gasteiger partial charge in [0.25, 0.3) is 0 Å². The Labute approximate surface area is 115 Å². The fraction of sp³-hybridized carbons (Fsp3) is 0.846. The first-order chi connectivity index (χ1) is 9.04. The molecule has 1 aliphatic carbocycles. The third kappa shape index (κ3) is 5.57. The number of nitrogens with one attached hydrogen (secondary N) is 1. The summed E-state index contributed by atoms with van der Waals surface area (Å²) in [5.41, 5.74) is 5.21. The number of rotatable bonds is 7. The summed E-state index contributed by atoms with van der Waals surface area (Å²) in [6.45, 7) is 1.54. The summed E-state index contributed by atoms with van der Waals surface area (Å²) in [4.78, 5) is 27.3. The molecule has 1 rings (SSSR count). The maximum atomic E-state index is 12.2. The lowest BCUT2D eigenvalue weighted by molar-refractivity contribution is -0.134. The van der Waals surface area contributed by atoms with E-state index in [0.717, 1.165) is 25.9 Å². The van der Waals surface area contributed by atoms with Crippen LogP contribution in [-0.4, -0.2) is 67.9 Å². The predicted molar refractivity (Wildman–Crippen MR) is 74.6 cm³/mol. The maximum Gasteiger partial charge on any atom is 0.242 e. The second kappa shape index (κ2) is 8.12. The molecule has 1 saturated carbocycles. The molecule has 6 heteroatoms. The number of amides is 2. The molecule has 6 nitrogen and oxygen atoms in total. The molecule has 0 spiro atoms. The van der Waals surface area contributed by atoms with E-state index in [2.05, 4.69) is 10.2 Å². The number of hydrogen-bond donors (Lipinski definition) is 2. The van der Waals surface area contributed by atoms with E-state index in [1.54, 1.807) is 0 Å². The minimum absolute atomic E-state index is 0.00412. The van der Waals surface area contributed by atoms with E-state index in [9.17, 15) is 9.59 Å². The maximum absolute atomic E-state index is 12.2. The Morgan fingerprint density at radius 1 is 1.21 bits per heavy atom. The van der Waals surface area contributed by atoms with Crippen LogP contribution in [0.5, 0.6) is 0 Å². The standard InChI is InChI=1S/C13H26N4O2/c1-16(2)7-8-17(11-5-3-4-6-11)13(19)10-15-12(18)9-14/h11H,3-10,14H2,1-2H3,(H,15,18). The van der Waals surface area contributed by atoms with Gasteiger partial charge in [-0.25, -0.2) is 0 Å². The van der Waals surface area contributed by atoms with E-state index in [0.29, 0.717) is 6.04 Å². The summed E-state index contributed by atoms with van der Waals surface area (Å²) in [5.74, 6) is -0.289. The first-order valence-corrected chi connectivity index (χ1v) is 6.95. The topological polar surface area (TPSA) is 78.7 Å². The van der Waals surface area contributed by atoms with Crippen molar-refractivity contribution in [1.29, 1.82) is 0 Å². The van der Waals surface area contributed by atoms with Crippen molar-refractivity contribution in [2.75, 3.05) is 40.3 Å². The largest absolute Gasteiger partial charge is 0.346 e. The summed E-state index contributed by atoms with van der Waals surface area (Å²) < 4.78 is 0. The van der Waals surface area contributed by atoms with Crippen molar-refractivity contribution in [2.45, 2.75) is 31.7 Å². The minimum atomic E-state index is -0.285. The Morgan fingerprint density at radius 2 is 1.84 bits per heavy atom. The van der Waals surface area contributed by atoms with Gasteiger partial charge in [0.15, 0.2) is 0 Å². The van der Waals surface area contributed by atoms with Crippen LogP contribution in [0, 0.1) is 0 Å². The van der Waals surface area contributed by atoms with Crippen molar-refractivity contribution in [2.24, 2.45) is 5.73 Å². The van der Waals surface area contributed by atoms with E-state index < -0.39 is 0 Å². The molecule has 0 bridgehead atoms. The monoisotopic (exact) mass is 270 g/mol. The van der Waals surface area contributed by atoms with Crippen molar-refractivity contribution in [1.82, 2.24) is 15.1 Å². The molecule has 0 aliphatic heterocycles. The van der Waals surface area contributed by atoms with E-state index in [1.807, 2.05) is 19.0 Å². The van der Waals surface area contributed by atoms with E-state index >= 15 is 0 Å². The molecule has 0 unspecified atom stereocenters. The van der Waals surface area contributed by atoms with E-state index in [4.69, 9.17) is 5.73 Å².